The average Bonchev–Trinajstić information content (AvgIpc) is 2.37. The van der Waals surface area contributed by atoms with Crippen LogP contribution in [0.25, 0.3) is 0 Å². The van der Waals surface area contributed by atoms with Crippen LogP contribution in [0.1, 0.15) is 64.5 Å². The van der Waals surface area contributed by atoms with Crippen LogP contribution < -0.4 is 10.5 Å². The molecule has 126 valence electrons. The SMILES string of the molecule is CC(OC(=O)C(C)N)Oc1c(C(C)C)cccc1C(C)C.Cl. The van der Waals surface area contributed by atoms with Crippen molar-refractivity contribution in [2.24, 2.45) is 5.73 Å². The second-order valence-electron chi connectivity index (χ2n) is 5.99. The molecule has 4 nitrogen and oxygen atoms in total. The molecule has 0 aromatic heterocycles. The monoisotopic (exact) mass is 329 g/mol. The van der Waals surface area contributed by atoms with Gasteiger partial charge in [0, 0.05) is 6.92 Å². The lowest BCUT2D eigenvalue weighted by molar-refractivity contribution is -0.162. The summed E-state index contributed by atoms with van der Waals surface area (Å²) in [5.41, 5.74) is 7.74. The minimum absolute atomic E-state index is 0. The van der Waals surface area contributed by atoms with Crippen molar-refractivity contribution < 1.29 is 14.3 Å². The minimum atomic E-state index is -0.666. The topological polar surface area (TPSA) is 61.5 Å². The molecule has 2 N–H and O–H groups in total. The number of hydrogen-bond acceptors (Lipinski definition) is 4. The number of rotatable bonds is 6. The van der Waals surface area contributed by atoms with Gasteiger partial charge in [-0.15, -0.1) is 12.4 Å². The van der Waals surface area contributed by atoms with E-state index in [4.69, 9.17) is 15.2 Å². The van der Waals surface area contributed by atoms with E-state index in [1.165, 1.54) is 0 Å². The highest BCUT2D eigenvalue weighted by Gasteiger charge is 2.20. The highest BCUT2D eigenvalue weighted by atomic mass is 35.5. The van der Waals surface area contributed by atoms with Gasteiger partial charge in [0.25, 0.3) is 0 Å². The molecular weight excluding hydrogens is 302 g/mol. The van der Waals surface area contributed by atoms with Crippen LogP contribution in [0.5, 0.6) is 5.75 Å². The molecule has 0 aliphatic heterocycles. The molecule has 0 bridgehead atoms. The molecule has 0 saturated carbocycles. The Bertz CT molecular complexity index is 461. The van der Waals surface area contributed by atoms with Crippen LogP contribution in [0.15, 0.2) is 18.2 Å². The van der Waals surface area contributed by atoms with E-state index >= 15 is 0 Å². The molecule has 0 aliphatic rings. The Morgan fingerprint density at radius 3 is 1.82 bits per heavy atom. The van der Waals surface area contributed by atoms with Crippen molar-refractivity contribution in [1.29, 1.82) is 0 Å². The number of hydrogen-bond donors (Lipinski definition) is 1. The smallest absolute Gasteiger partial charge is 0.325 e. The number of carbonyl (C=O) groups excluding carboxylic acids is 1. The van der Waals surface area contributed by atoms with E-state index in [1.807, 2.05) is 18.2 Å². The number of benzene rings is 1. The zero-order chi connectivity index (χ0) is 16.2. The number of carbonyl (C=O) groups is 1. The molecule has 0 radical (unpaired) electrons. The minimum Gasteiger partial charge on any atom is -0.454 e. The van der Waals surface area contributed by atoms with Crippen LogP contribution >= 0.6 is 12.4 Å². The highest BCUT2D eigenvalue weighted by molar-refractivity contribution is 5.85. The summed E-state index contributed by atoms with van der Waals surface area (Å²) in [6.07, 6.45) is -0.666. The van der Waals surface area contributed by atoms with Crippen molar-refractivity contribution >= 4 is 18.4 Å². The summed E-state index contributed by atoms with van der Waals surface area (Å²) in [5.74, 6) is 1.01. The quantitative estimate of drug-likeness (QED) is 0.633. The van der Waals surface area contributed by atoms with E-state index in [-0.39, 0.29) is 12.4 Å². The summed E-state index contributed by atoms with van der Waals surface area (Å²) in [5, 5.41) is 0. The third kappa shape index (κ3) is 5.50. The summed E-state index contributed by atoms with van der Waals surface area (Å²) in [6, 6.07) is 5.48. The maximum Gasteiger partial charge on any atom is 0.325 e. The van der Waals surface area contributed by atoms with Crippen molar-refractivity contribution in [1.82, 2.24) is 0 Å². The zero-order valence-corrected chi connectivity index (χ0v) is 15.1. The molecular formula is C17H28ClNO3. The lowest BCUT2D eigenvalue weighted by atomic mass is 9.94. The molecule has 2 unspecified atom stereocenters. The Balaban J connectivity index is 0.00000441. The Kier molecular flexibility index (Phi) is 8.49. The van der Waals surface area contributed by atoms with Gasteiger partial charge in [0.15, 0.2) is 0 Å². The van der Waals surface area contributed by atoms with Crippen LogP contribution in [-0.2, 0) is 9.53 Å². The molecule has 0 saturated heterocycles. The maximum atomic E-state index is 11.6. The van der Waals surface area contributed by atoms with Gasteiger partial charge >= 0.3 is 5.97 Å². The van der Waals surface area contributed by atoms with Gasteiger partial charge in [-0.2, -0.15) is 0 Å². The summed E-state index contributed by atoms with van der Waals surface area (Å²) in [7, 11) is 0. The molecule has 0 fully saturated rings. The lowest BCUT2D eigenvalue weighted by Gasteiger charge is -2.23. The molecule has 2 atom stereocenters. The number of nitrogens with two attached hydrogens (primary N) is 1. The molecule has 0 aliphatic carbocycles. The predicted molar refractivity (Wildman–Crippen MR) is 91.7 cm³/mol. The van der Waals surface area contributed by atoms with Gasteiger partial charge in [-0.3, -0.25) is 4.79 Å². The molecule has 1 aromatic carbocycles. The van der Waals surface area contributed by atoms with Gasteiger partial charge in [0.2, 0.25) is 6.29 Å². The summed E-state index contributed by atoms with van der Waals surface area (Å²) >= 11 is 0. The first kappa shape index (κ1) is 20.7. The molecule has 5 heteroatoms. The van der Waals surface area contributed by atoms with Crippen LogP contribution in [0.4, 0.5) is 0 Å². The summed E-state index contributed by atoms with van der Waals surface area (Å²) in [6.45, 7) is 11.8. The highest BCUT2D eigenvalue weighted by Crippen LogP contribution is 2.35. The second-order valence-corrected chi connectivity index (χ2v) is 5.99. The third-order valence-electron chi connectivity index (χ3n) is 3.26. The van der Waals surface area contributed by atoms with Crippen molar-refractivity contribution in [3.8, 4) is 5.75 Å². The fourth-order valence-corrected chi connectivity index (χ4v) is 2.08. The van der Waals surface area contributed by atoms with Crippen LogP contribution in [0.3, 0.4) is 0 Å². The van der Waals surface area contributed by atoms with Gasteiger partial charge in [0.05, 0.1) is 0 Å². The van der Waals surface area contributed by atoms with Gasteiger partial charge in [0.1, 0.15) is 11.8 Å². The van der Waals surface area contributed by atoms with Crippen LogP contribution in [-0.4, -0.2) is 18.3 Å². The number of ether oxygens (including phenoxy) is 2. The first-order chi connectivity index (χ1) is 9.73. The fraction of sp³-hybridized carbons (Fsp3) is 0.588. The summed E-state index contributed by atoms with van der Waals surface area (Å²) < 4.78 is 11.1. The lowest BCUT2D eigenvalue weighted by Crippen LogP contribution is -2.33. The molecule has 1 rings (SSSR count). The van der Waals surface area contributed by atoms with Gasteiger partial charge in [-0.25, -0.2) is 0 Å². The number of para-hydroxylation sites is 1. The molecule has 22 heavy (non-hydrogen) atoms. The molecule has 0 amide bonds. The van der Waals surface area contributed by atoms with E-state index in [1.54, 1.807) is 13.8 Å². The molecule has 1 aromatic rings. The average molecular weight is 330 g/mol. The first-order valence-corrected chi connectivity index (χ1v) is 7.49. The Morgan fingerprint density at radius 1 is 1.00 bits per heavy atom. The van der Waals surface area contributed by atoms with E-state index < -0.39 is 18.3 Å². The largest absolute Gasteiger partial charge is 0.454 e. The van der Waals surface area contributed by atoms with Crippen molar-refractivity contribution in [2.75, 3.05) is 0 Å². The standard InChI is InChI=1S/C17H27NO3.ClH/c1-10(2)14-8-7-9-15(11(3)4)16(14)20-13(6)21-17(19)12(5)18;/h7-13H,18H2,1-6H3;1H. The normalized spacial score (nSPS) is 13.5. The van der Waals surface area contributed by atoms with E-state index in [9.17, 15) is 4.79 Å². The van der Waals surface area contributed by atoms with E-state index in [0.29, 0.717) is 11.8 Å². The zero-order valence-electron chi connectivity index (χ0n) is 14.3. The van der Waals surface area contributed by atoms with Gasteiger partial charge in [-0.1, -0.05) is 45.9 Å². The van der Waals surface area contributed by atoms with E-state index in [2.05, 4.69) is 27.7 Å². The third-order valence-corrected chi connectivity index (χ3v) is 3.26. The molecule has 0 heterocycles. The Morgan fingerprint density at radius 2 is 1.45 bits per heavy atom. The van der Waals surface area contributed by atoms with Crippen LogP contribution in [0.2, 0.25) is 0 Å². The maximum absolute atomic E-state index is 11.6. The second kappa shape index (κ2) is 9.01. The fourth-order valence-electron chi connectivity index (χ4n) is 2.08. The first-order valence-electron chi connectivity index (χ1n) is 7.49. The summed E-state index contributed by atoms with van der Waals surface area (Å²) in [4.78, 5) is 11.6. The predicted octanol–water partition coefficient (Wildman–Crippen LogP) is 3.97. The Hall–Kier alpha value is -1.26. The van der Waals surface area contributed by atoms with Crippen molar-refractivity contribution in [2.45, 2.75) is 65.7 Å². The number of halogens is 1. The van der Waals surface area contributed by atoms with Crippen LogP contribution in [0, 0.1) is 0 Å². The van der Waals surface area contributed by atoms with Gasteiger partial charge < -0.3 is 15.2 Å². The number of esters is 1. The Labute approximate surface area is 139 Å². The van der Waals surface area contributed by atoms with Crippen molar-refractivity contribution in [3.05, 3.63) is 29.3 Å². The van der Waals surface area contributed by atoms with E-state index in [0.717, 1.165) is 16.9 Å². The van der Waals surface area contributed by atoms with Crippen molar-refractivity contribution in [3.63, 3.8) is 0 Å². The van der Waals surface area contributed by atoms with Gasteiger partial charge in [-0.05, 0) is 29.9 Å². The molecule has 0 spiro atoms.